The molecule has 1 heterocycles. The van der Waals surface area contributed by atoms with E-state index in [0.717, 1.165) is 72.5 Å². The van der Waals surface area contributed by atoms with Gasteiger partial charge in [-0.15, -0.1) is 0 Å². The van der Waals surface area contributed by atoms with Crippen molar-refractivity contribution in [2.24, 2.45) is 5.92 Å². The number of nitrogens with zero attached hydrogens (tertiary/aromatic N) is 3. The van der Waals surface area contributed by atoms with Crippen molar-refractivity contribution in [3.05, 3.63) is 84.4 Å². The first-order chi connectivity index (χ1) is 33.3. The third-order valence-corrected chi connectivity index (χ3v) is 15.5. The molecule has 2 aliphatic rings. The van der Waals surface area contributed by atoms with Gasteiger partial charge in [0.25, 0.3) is 0 Å². The lowest BCUT2D eigenvalue weighted by atomic mass is 9.90. The SMILES string of the molecule is CCCCCCCCOc1ccc(Oc2ccc(-c3nc(-c4ccc(OC5CCCCC5Br)cc4)nc(-c4ccc(OCC5CCCCC5Br)cc4C)n3)c(O)c2)c(OCCCCCCCC)c1. The molecular weight excluding hydrogens is 982 g/mol. The van der Waals surface area contributed by atoms with Gasteiger partial charge in [-0.25, -0.2) is 15.0 Å². The molecule has 0 saturated heterocycles. The summed E-state index contributed by atoms with van der Waals surface area (Å²) < 4.78 is 31.8. The van der Waals surface area contributed by atoms with Crippen LogP contribution in [0.4, 0.5) is 0 Å². The van der Waals surface area contributed by atoms with Gasteiger partial charge in [-0.3, -0.25) is 0 Å². The van der Waals surface area contributed by atoms with Crippen molar-refractivity contribution in [3.8, 4) is 74.4 Å². The predicted octanol–water partition coefficient (Wildman–Crippen LogP) is 16.6. The highest BCUT2D eigenvalue weighted by molar-refractivity contribution is 9.09. The van der Waals surface area contributed by atoms with E-state index >= 15 is 0 Å². The lowest BCUT2D eigenvalue weighted by molar-refractivity contribution is 0.164. The highest BCUT2D eigenvalue weighted by atomic mass is 79.9. The maximum atomic E-state index is 11.7. The molecule has 0 bridgehead atoms. The number of aromatic hydroxyl groups is 1. The summed E-state index contributed by atoms with van der Waals surface area (Å²) in [5, 5.41) is 11.7. The Morgan fingerprint density at radius 3 is 1.79 bits per heavy atom. The number of hydrogen-bond donors (Lipinski definition) is 1. The second-order valence-corrected chi connectivity index (χ2v) is 21.1. The minimum Gasteiger partial charge on any atom is -0.507 e. The van der Waals surface area contributed by atoms with Gasteiger partial charge < -0.3 is 28.8 Å². The molecule has 4 unspecified atom stereocenters. The van der Waals surface area contributed by atoms with Crippen LogP contribution in [0.1, 0.15) is 148 Å². The number of alkyl halides is 2. The number of unbranched alkanes of at least 4 members (excludes halogenated alkanes) is 10. The minimum atomic E-state index is -0.0205. The fraction of sp³-hybridized carbons (Fsp3) is 0.526. The zero-order chi connectivity index (χ0) is 47.5. The van der Waals surface area contributed by atoms with Crippen LogP contribution in [0, 0.1) is 12.8 Å². The minimum absolute atomic E-state index is 0.0205. The molecule has 7 rings (SSSR count). The van der Waals surface area contributed by atoms with Crippen molar-refractivity contribution in [2.75, 3.05) is 19.8 Å². The Bertz CT molecular complexity index is 2310. The molecule has 0 aliphatic heterocycles. The normalized spacial score (nSPS) is 18.2. The lowest BCUT2D eigenvalue weighted by Gasteiger charge is -2.28. The average Bonchev–Trinajstić information content (AvgIpc) is 3.34. The molecule has 1 N–H and O–H groups in total. The summed E-state index contributed by atoms with van der Waals surface area (Å²) >= 11 is 7.71. The number of hydrogen-bond acceptors (Lipinski definition) is 9. The molecule has 4 aromatic carbocycles. The molecule has 0 radical (unpaired) electrons. The number of ether oxygens (including phenoxy) is 5. The number of halogens is 2. The molecule has 9 nitrogen and oxygen atoms in total. The van der Waals surface area contributed by atoms with E-state index in [-0.39, 0.29) is 11.9 Å². The molecule has 11 heteroatoms. The van der Waals surface area contributed by atoms with Crippen LogP contribution in [-0.2, 0) is 0 Å². The Kier molecular flexibility index (Phi) is 20.6. The Morgan fingerprint density at radius 1 is 0.529 bits per heavy atom. The first-order valence-corrected chi connectivity index (χ1v) is 27.6. The maximum absolute atomic E-state index is 11.7. The number of phenolic OH excluding ortho intramolecular Hbond substituents is 1. The predicted molar refractivity (Wildman–Crippen MR) is 283 cm³/mol. The van der Waals surface area contributed by atoms with Crippen LogP contribution in [-0.4, -0.2) is 55.6 Å². The van der Waals surface area contributed by atoms with Gasteiger partial charge in [0.15, 0.2) is 29.0 Å². The second kappa shape index (κ2) is 27.2. The van der Waals surface area contributed by atoms with Crippen molar-refractivity contribution in [1.82, 2.24) is 15.0 Å². The van der Waals surface area contributed by atoms with E-state index in [4.69, 9.17) is 38.6 Å². The van der Waals surface area contributed by atoms with E-state index in [0.29, 0.717) is 75.7 Å². The number of phenols is 1. The molecule has 0 amide bonds. The molecule has 4 atom stereocenters. The molecule has 2 aliphatic carbocycles. The molecule has 68 heavy (non-hydrogen) atoms. The fourth-order valence-electron chi connectivity index (χ4n) is 9.12. The standard InChI is InChI=1S/C57H73Br2N3O6/c1-4-6-8-10-12-18-34-64-45-30-33-53(54(38-45)65-35-19-13-11-9-7-5-2)68-46-29-32-48(51(63)37-46)57-61-55(41-24-26-43(27-25-41)67-52-23-17-16-22-50(52)59)60-56(62-57)47-31-28-44(36-40(47)3)66-39-42-20-14-15-21-49(42)58/h24-33,36-38,42,49-50,52,63H,4-23,34-35,39H2,1-3H3. The van der Waals surface area contributed by atoms with Gasteiger partial charge in [-0.05, 0) is 124 Å². The van der Waals surface area contributed by atoms with Gasteiger partial charge in [-0.2, -0.15) is 0 Å². The van der Waals surface area contributed by atoms with Crippen LogP contribution in [0.15, 0.2) is 78.9 Å². The van der Waals surface area contributed by atoms with Crippen molar-refractivity contribution < 1.29 is 28.8 Å². The van der Waals surface area contributed by atoms with Gasteiger partial charge in [-0.1, -0.05) is 129 Å². The molecule has 0 spiro atoms. The zero-order valence-electron chi connectivity index (χ0n) is 40.7. The van der Waals surface area contributed by atoms with Crippen LogP contribution in [0.2, 0.25) is 0 Å². The molecule has 2 fully saturated rings. The average molecular weight is 1060 g/mol. The Hall–Kier alpha value is -4.35. The van der Waals surface area contributed by atoms with Crippen molar-refractivity contribution >= 4 is 31.9 Å². The van der Waals surface area contributed by atoms with Gasteiger partial charge in [0, 0.05) is 34.0 Å². The van der Waals surface area contributed by atoms with Crippen molar-refractivity contribution in [3.63, 3.8) is 0 Å². The van der Waals surface area contributed by atoms with Gasteiger partial charge >= 0.3 is 0 Å². The molecule has 2 saturated carbocycles. The number of aromatic nitrogens is 3. The topological polar surface area (TPSA) is 105 Å². The largest absolute Gasteiger partial charge is 0.507 e. The summed E-state index contributed by atoms with van der Waals surface area (Å²) in [5.74, 6) is 5.81. The Balaban J connectivity index is 1.12. The Morgan fingerprint density at radius 2 is 1.10 bits per heavy atom. The van der Waals surface area contributed by atoms with Gasteiger partial charge in [0.2, 0.25) is 0 Å². The van der Waals surface area contributed by atoms with E-state index in [1.165, 1.54) is 89.9 Å². The summed E-state index contributed by atoms with van der Waals surface area (Å²) in [6.45, 7) is 8.45. The van der Waals surface area contributed by atoms with Crippen LogP contribution in [0.5, 0.6) is 40.2 Å². The highest BCUT2D eigenvalue weighted by Crippen LogP contribution is 2.40. The number of rotatable bonds is 26. The number of aryl methyl sites for hydroxylation is 1. The summed E-state index contributed by atoms with van der Waals surface area (Å²) in [6, 6.07) is 25.0. The van der Waals surface area contributed by atoms with Crippen LogP contribution >= 0.6 is 31.9 Å². The van der Waals surface area contributed by atoms with Crippen LogP contribution in [0.25, 0.3) is 34.2 Å². The molecule has 366 valence electrons. The van der Waals surface area contributed by atoms with E-state index in [1.54, 1.807) is 12.1 Å². The van der Waals surface area contributed by atoms with E-state index < -0.39 is 0 Å². The summed E-state index contributed by atoms with van der Waals surface area (Å²) in [4.78, 5) is 15.8. The Labute approximate surface area is 422 Å². The molecule has 1 aromatic heterocycles. The fourth-order valence-corrected chi connectivity index (χ4v) is 10.6. The van der Waals surface area contributed by atoms with E-state index in [1.807, 2.05) is 60.7 Å². The third-order valence-electron chi connectivity index (χ3n) is 13.3. The maximum Gasteiger partial charge on any atom is 0.169 e. The van der Waals surface area contributed by atoms with Gasteiger partial charge in [0.1, 0.15) is 34.9 Å². The monoisotopic (exact) mass is 1050 g/mol. The molecular formula is C57H73Br2N3O6. The van der Waals surface area contributed by atoms with Crippen LogP contribution < -0.4 is 23.7 Å². The molecule has 5 aromatic rings. The smallest absolute Gasteiger partial charge is 0.169 e. The lowest BCUT2D eigenvalue weighted by Crippen LogP contribution is -2.30. The van der Waals surface area contributed by atoms with Crippen molar-refractivity contribution in [2.45, 2.75) is 165 Å². The summed E-state index contributed by atoms with van der Waals surface area (Å²) in [6.07, 6.45) is 23.8. The van der Waals surface area contributed by atoms with E-state index in [9.17, 15) is 5.11 Å². The first kappa shape index (κ1) is 51.5. The van der Waals surface area contributed by atoms with Gasteiger partial charge in [0.05, 0.1) is 30.2 Å². The summed E-state index contributed by atoms with van der Waals surface area (Å²) in [5.41, 5.74) is 3.09. The van der Waals surface area contributed by atoms with Crippen molar-refractivity contribution in [1.29, 1.82) is 0 Å². The first-order valence-electron chi connectivity index (χ1n) is 25.7. The number of benzene rings is 4. The zero-order valence-corrected chi connectivity index (χ0v) is 43.8. The van der Waals surface area contributed by atoms with Crippen LogP contribution in [0.3, 0.4) is 0 Å². The third kappa shape index (κ3) is 15.3. The highest BCUT2D eigenvalue weighted by Gasteiger charge is 2.26. The van der Waals surface area contributed by atoms with E-state index in [2.05, 4.69) is 58.7 Å². The summed E-state index contributed by atoms with van der Waals surface area (Å²) in [7, 11) is 0. The second-order valence-electron chi connectivity index (χ2n) is 18.8. The quantitative estimate of drug-likeness (QED) is 0.0428.